The van der Waals surface area contributed by atoms with E-state index in [9.17, 15) is 13.6 Å². The minimum absolute atomic E-state index is 0.185. The van der Waals surface area contributed by atoms with Gasteiger partial charge in [0.25, 0.3) is 6.43 Å². The molecule has 0 aliphatic rings. The summed E-state index contributed by atoms with van der Waals surface area (Å²) in [7, 11) is 0. The van der Waals surface area contributed by atoms with Gasteiger partial charge in [0.2, 0.25) is 0 Å². The SMILES string of the molecule is O=Cc1cc(C(F)F)no1. The molecule has 1 heterocycles. The van der Waals surface area contributed by atoms with Crippen molar-refractivity contribution in [2.75, 3.05) is 0 Å². The Kier molecular flexibility index (Phi) is 1.75. The van der Waals surface area contributed by atoms with Crippen molar-refractivity contribution in [1.82, 2.24) is 5.16 Å². The Morgan fingerprint density at radius 2 is 2.40 bits per heavy atom. The van der Waals surface area contributed by atoms with Crippen molar-refractivity contribution in [3.8, 4) is 0 Å². The average Bonchev–Trinajstić information content (AvgIpc) is 2.34. The molecule has 0 aliphatic carbocycles. The molecule has 0 amide bonds. The second-order valence-corrected chi connectivity index (χ2v) is 1.57. The van der Waals surface area contributed by atoms with Gasteiger partial charge < -0.3 is 4.52 Å². The molecule has 0 saturated carbocycles. The highest BCUT2D eigenvalue weighted by atomic mass is 19.3. The second-order valence-electron chi connectivity index (χ2n) is 1.57. The monoisotopic (exact) mass is 147 g/mol. The van der Waals surface area contributed by atoms with Gasteiger partial charge in [-0.15, -0.1) is 0 Å². The van der Waals surface area contributed by atoms with E-state index in [4.69, 9.17) is 0 Å². The van der Waals surface area contributed by atoms with E-state index >= 15 is 0 Å². The highest BCUT2D eigenvalue weighted by molar-refractivity contribution is 5.70. The number of nitrogens with zero attached hydrogens (tertiary/aromatic N) is 1. The standard InChI is InChI=1S/C5H3F2NO2/c6-5(7)4-1-3(2-9)10-8-4/h1-2,5H. The third-order valence-corrected chi connectivity index (χ3v) is 0.886. The van der Waals surface area contributed by atoms with Crippen LogP contribution in [0.1, 0.15) is 22.7 Å². The molecule has 1 aromatic heterocycles. The second kappa shape index (κ2) is 2.55. The van der Waals surface area contributed by atoms with Crippen LogP contribution in [0.2, 0.25) is 0 Å². The molecule has 0 spiro atoms. The van der Waals surface area contributed by atoms with Crippen LogP contribution in [-0.4, -0.2) is 11.4 Å². The highest BCUT2D eigenvalue weighted by Gasteiger charge is 2.12. The first-order valence-electron chi connectivity index (χ1n) is 2.44. The van der Waals surface area contributed by atoms with E-state index in [2.05, 4.69) is 9.68 Å². The van der Waals surface area contributed by atoms with Crippen LogP contribution in [-0.2, 0) is 0 Å². The Balaban J connectivity index is 2.88. The van der Waals surface area contributed by atoms with E-state index in [1.165, 1.54) is 0 Å². The average molecular weight is 147 g/mol. The lowest BCUT2D eigenvalue weighted by molar-refractivity contribution is 0.108. The lowest BCUT2D eigenvalue weighted by Crippen LogP contribution is -1.80. The molecule has 0 bridgehead atoms. The summed E-state index contributed by atoms with van der Waals surface area (Å²) >= 11 is 0. The van der Waals surface area contributed by atoms with E-state index in [0.717, 1.165) is 6.07 Å². The summed E-state index contributed by atoms with van der Waals surface area (Å²) in [6, 6.07) is 0.900. The van der Waals surface area contributed by atoms with Crippen LogP contribution in [0.4, 0.5) is 8.78 Å². The van der Waals surface area contributed by atoms with Crippen LogP contribution < -0.4 is 0 Å². The van der Waals surface area contributed by atoms with E-state index in [0.29, 0.717) is 6.29 Å². The molecule has 0 aliphatic heterocycles. The molecule has 0 radical (unpaired) electrons. The Morgan fingerprint density at radius 3 is 2.70 bits per heavy atom. The number of rotatable bonds is 2. The molecule has 3 nitrogen and oxygen atoms in total. The molecule has 0 fully saturated rings. The molecule has 0 N–H and O–H groups in total. The predicted molar refractivity (Wildman–Crippen MR) is 26.8 cm³/mol. The summed E-state index contributed by atoms with van der Waals surface area (Å²) in [5, 5.41) is 2.93. The van der Waals surface area contributed by atoms with Crippen LogP contribution in [0, 0.1) is 0 Å². The van der Waals surface area contributed by atoms with Crippen molar-refractivity contribution in [2.24, 2.45) is 0 Å². The molecule has 54 valence electrons. The molecule has 0 unspecified atom stereocenters. The largest absolute Gasteiger partial charge is 0.353 e. The van der Waals surface area contributed by atoms with Crippen LogP contribution >= 0.6 is 0 Å². The van der Waals surface area contributed by atoms with E-state index in [-0.39, 0.29) is 5.76 Å². The molecule has 1 aromatic rings. The number of carbonyl (C=O) groups is 1. The number of hydrogen-bond donors (Lipinski definition) is 0. The summed E-state index contributed by atoms with van der Waals surface area (Å²) in [4.78, 5) is 9.86. The van der Waals surface area contributed by atoms with Crippen LogP contribution in [0.5, 0.6) is 0 Å². The van der Waals surface area contributed by atoms with Gasteiger partial charge >= 0.3 is 0 Å². The van der Waals surface area contributed by atoms with Crippen molar-refractivity contribution in [2.45, 2.75) is 6.43 Å². The number of aldehydes is 1. The first-order valence-corrected chi connectivity index (χ1v) is 2.44. The zero-order valence-electron chi connectivity index (χ0n) is 4.75. The van der Waals surface area contributed by atoms with Crippen LogP contribution in [0.15, 0.2) is 10.6 Å². The predicted octanol–water partition coefficient (Wildman–Crippen LogP) is 1.42. The zero-order valence-corrected chi connectivity index (χ0v) is 4.75. The number of alkyl halides is 2. The van der Waals surface area contributed by atoms with Gasteiger partial charge in [0, 0.05) is 6.07 Å². The first-order chi connectivity index (χ1) is 4.74. The van der Waals surface area contributed by atoms with Gasteiger partial charge in [0.15, 0.2) is 17.7 Å². The van der Waals surface area contributed by atoms with Gasteiger partial charge in [0.05, 0.1) is 0 Å². The fourth-order valence-electron chi connectivity index (χ4n) is 0.462. The summed E-state index contributed by atoms with van der Waals surface area (Å²) in [5.74, 6) is -0.185. The lowest BCUT2D eigenvalue weighted by Gasteiger charge is -1.84. The van der Waals surface area contributed by atoms with Crippen molar-refractivity contribution >= 4 is 6.29 Å². The van der Waals surface area contributed by atoms with Gasteiger partial charge in [-0.05, 0) is 0 Å². The molecule has 0 aromatic carbocycles. The van der Waals surface area contributed by atoms with Gasteiger partial charge in [-0.1, -0.05) is 5.16 Å². The van der Waals surface area contributed by atoms with E-state index < -0.39 is 12.1 Å². The fourth-order valence-corrected chi connectivity index (χ4v) is 0.462. The van der Waals surface area contributed by atoms with Crippen LogP contribution in [0.25, 0.3) is 0 Å². The molecule has 5 heteroatoms. The normalized spacial score (nSPS) is 10.3. The Labute approximate surface area is 54.6 Å². The number of halogens is 2. The van der Waals surface area contributed by atoms with Gasteiger partial charge in [-0.3, -0.25) is 4.79 Å². The first kappa shape index (κ1) is 6.85. The quantitative estimate of drug-likeness (QED) is 0.594. The minimum atomic E-state index is -2.68. The number of hydrogen-bond acceptors (Lipinski definition) is 3. The van der Waals surface area contributed by atoms with Crippen LogP contribution in [0.3, 0.4) is 0 Å². The molecule has 10 heavy (non-hydrogen) atoms. The topological polar surface area (TPSA) is 43.1 Å². The summed E-state index contributed by atoms with van der Waals surface area (Å²) in [5.41, 5.74) is -0.512. The van der Waals surface area contributed by atoms with Gasteiger partial charge in [-0.25, -0.2) is 8.78 Å². The maximum atomic E-state index is 11.7. The third kappa shape index (κ3) is 1.18. The molecule has 0 atom stereocenters. The molecule has 1 rings (SSSR count). The minimum Gasteiger partial charge on any atom is -0.353 e. The smallest absolute Gasteiger partial charge is 0.283 e. The highest BCUT2D eigenvalue weighted by Crippen LogP contribution is 2.16. The summed E-state index contributed by atoms with van der Waals surface area (Å²) in [6.45, 7) is 0. The Bertz CT molecular complexity index is 233. The molecular weight excluding hydrogens is 144 g/mol. The fraction of sp³-hybridized carbons (Fsp3) is 0.200. The van der Waals surface area contributed by atoms with E-state index in [1.807, 2.05) is 0 Å². The Morgan fingerprint density at radius 1 is 1.70 bits per heavy atom. The maximum Gasteiger partial charge on any atom is 0.283 e. The number of aromatic nitrogens is 1. The maximum absolute atomic E-state index is 11.7. The third-order valence-electron chi connectivity index (χ3n) is 0.886. The Hall–Kier alpha value is -1.26. The van der Waals surface area contributed by atoms with Crippen molar-refractivity contribution < 1.29 is 18.1 Å². The van der Waals surface area contributed by atoms with E-state index in [1.54, 1.807) is 0 Å². The zero-order chi connectivity index (χ0) is 7.56. The lowest BCUT2D eigenvalue weighted by atomic mass is 10.4. The summed E-state index contributed by atoms with van der Waals surface area (Å²) in [6.07, 6.45) is -2.36. The number of carbonyl (C=O) groups excluding carboxylic acids is 1. The van der Waals surface area contributed by atoms with Crippen molar-refractivity contribution in [3.05, 3.63) is 17.5 Å². The van der Waals surface area contributed by atoms with Gasteiger partial charge in [0.1, 0.15) is 0 Å². The molecule has 0 saturated heterocycles. The van der Waals surface area contributed by atoms with Gasteiger partial charge in [-0.2, -0.15) is 0 Å². The van der Waals surface area contributed by atoms with Crippen molar-refractivity contribution in [3.63, 3.8) is 0 Å². The summed E-state index contributed by atoms with van der Waals surface area (Å²) < 4.78 is 27.5. The van der Waals surface area contributed by atoms with Crippen molar-refractivity contribution in [1.29, 1.82) is 0 Å². The molecular formula is C5H3F2NO2.